The third kappa shape index (κ3) is 3.10. The van der Waals surface area contributed by atoms with Gasteiger partial charge in [0.25, 0.3) is 0 Å². The van der Waals surface area contributed by atoms with Crippen LogP contribution in [-0.4, -0.2) is 34.7 Å². The van der Waals surface area contributed by atoms with Crippen LogP contribution in [0.1, 0.15) is 5.56 Å². The van der Waals surface area contributed by atoms with Crippen molar-refractivity contribution in [1.82, 2.24) is 0 Å². The van der Waals surface area contributed by atoms with Crippen molar-refractivity contribution in [3.63, 3.8) is 0 Å². The Bertz CT molecular complexity index is 233. The van der Waals surface area contributed by atoms with Crippen LogP contribution in [0, 0.1) is 0 Å². The van der Waals surface area contributed by atoms with E-state index in [1.54, 1.807) is 12.1 Å². The number of hydrogen-bond acceptors (Lipinski definition) is 1. The van der Waals surface area contributed by atoms with Gasteiger partial charge in [0, 0.05) is 0 Å². The number of phenols is 1. The van der Waals surface area contributed by atoms with Gasteiger partial charge in [-0.05, 0) is 18.1 Å². The molecule has 0 atom stereocenters. The van der Waals surface area contributed by atoms with Crippen molar-refractivity contribution >= 4 is 29.6 Å². The SMILES string of the molecule is C=CCc1ccccc1O.[NaH]. The van der Waals surface area contributed by atoms with E-state index in [9.17, 15) is 5.11 Å². The van der Waals surface area contributed by atoms with Crippen LogP contribution < -0.4 is 0 Å². The second kappa shape index (κ2) is 5.42. The fourth-order valence-electron chi connectivity index (χ4n) is 0.839. The Morgan fingerprint density at radius 3 is 2.55 bits per heavy atom. The van der Waals surface area contributed by atoms with Crippen LogP contribution in [0.4, 0.5) is 0 Å². The molecule has 0 radical (unpaired) electrons. The van der Waals surface area contributed by atoms with Crippen molar-refractivity contribution < 1.29 is 5.11 Å². The molecule has 0 aliphatic carbocycles. The van der Waals surface area contributed by atoms with Crippen LogP contribution in [0.15, 0.2) is 36.9 Å². The molecule has 1 N–H and O–H groups in total. The van der Waals surface area contributed by atoms with Gasteiger partial charge in [-0.15, -0.1) is 6.58 Å². The maximum atomic E-state index is 9.19. The predicted molar refractivity (Wildman–Crippen MR) is 49.2 cm³/mol. The normalized spacial score (nSPS) is 8.36. The van der Waals surface area contributed by atoms with Crippen LogP contribution in [0.2, 0.25) is 0 Å². The summed E-state index contributed by atoms with van der Waals surface area (Å²) in [4.78, 5) is 0. The molecule has 0 heterocycles. The van der Waals surface area contributed by atoms with Gasteiger partial charge in [-0.1, -0.05) is 24.3 Å². The number of para-hydroxylation sites is 1. The Labute approximate surface area is 89.0 Å². The van der Waals surface area contributed by atoms with Gasteiger partial charge >= 0.3 is 29.6 Å². The topological polar surface area (TPSA) is 20.2 Å². The minimum absolute atomic E-state index is 0. The van der Waals surface area contributed by atoms with Crippen molar-refractivity contribution in [1.29, 1.82) is 0 Å². The summed E-state index contributed by atoms with van der Waals surface area (Å²) in [6.45, 7) is 3.59. The monoisotopic (exact) mass is 158 g/mol. The first-order valence-electron chi connectivity index (χ1n) is 3.22. The zero-order valence-electron chi connectivity index (χ0n) is 5.75. The Morgan fingerprint density at radius 2 is 2.00 bits per heavy atom. The van der Waals surface area contributed by atoms with Crippen molar-refractivity contribution in [2.75, 3.05) is 0 Å². The van der Waals surface area contributed by atoms with Gasteiger partial charge in [-0.3, -0.25) is 0 Å². The molecule has 0 fully saturated rings. The third-order valence-electron chi connectivity index (χ3n) is 1.36. The Kier molecular flexibility index (Phi) is 5.30. The minimum atomic E-state index is 0. The Hall–Kier alpha value is -0.240. The number of allylic oxidation sites excluding steroid dienone is 1. The molecule has 11 heavy (non-hydrogen) atoms. The van der Waals surface area contributed by atoms with E-state index in [0.29, 0.717) is 5.75 Å². The van der Waals surface area contributed by atoms with Crippen molar-refractivity contribution in [2.45, 2.75) is 6.42 Å². The second-order valence-corrected chi connectivity index (χ2v) is 2.12. The first kappa shape index (κ1) is 10.8. The molecule has 0 saturated heterocycles. The number of aromatic hydroxyl groups is 1. The molecule has 0 unspecified atom stereocenters. The molecular formula is C9H11NaO. The van der Waals surface area contributed by atoms with E-state index in [-0.39, 0.29) is 29.6 Å². The molecule has 54 valence electrons. The van der Waals surface area contributed by atoms with E-state index in [4.69, 9.17) is 0 Å². The zero-order valence-corrected chi connectivity index (χ0v) is 5.75. The average molecular weight is 158 g/mol. The van der Waals surface area contributed by atoms with E-state index in [1.807, 2.05) is 18.2 Å². The second-order valence-electron chi connectivity index (χ2n) is 2.12. The first-order chi connectivity index (χ1) is 4.84. The van der Waals surface area contributed by atoms with E-state index in [0.717, 1.165) is 12.0 Å². The summed E-state index contributed by atoms with van der Waals surface area (Å²) in [5.74, 6) is 0.349. The van der Waals surface area contributed by atoms with Gasteiger partial charge in [0.2, 0.25) is 0 Å². The summed E-state index contributed by atoms with van der Waals surface area (Å²) in [7, 11) is 0. The molecule has 0 aromatic heterocycles. The summed E-state index contributed by atoms with van der Waals surface area (Å²) < 4.78 is 0. The molecule has 0 spiro atoms. The van der Waals surface area contributed by atoms with Crippen molar-refractivity contribution in [3.8, 4) is 5.75 Å². The summed E-state index contributed by atoms with van der Waals surface area (Å²) >= 11 is 0. The number of phenolic OH excluding ortho intramolecular Hbond substituents is 1. The van der Waals surface area contributed by atoms with E-state index < -0.39 is 0 Å². The molecule has 0 aliphatic rings. The summed E-state index contributed by atoms with van der Waals surface area (Å²) in [6.07, 6.45) is 2.50. The standard InChI is InChI=1S/C9H10O.Na.H/c1-2-5-8-6-3-4-7-9(8)10;;/h2-4,6-7,10H,1,5H2;;. The van der Waals surface area contributed by atoms with Crippen LogP contribution in [-0.2, 0) is 6.42 Å². The first-order valence-corrected chi connectivity index (χ1v) is 3.22. The fourth-order valence-corrected chi connectivity index (χ4v) is 0.839. The molecule has 0 amide bonds. The van der Waals surface area contributed by atoms with Crippen LogP contribution in [0.25, 0.3) is 0 Å². The van der Waals surface area contributed by atoms with Gasteiger partial charge in [0.1, 0.15) is 5.75 Å². The van der Waals surface area contributed by atoms with Crippen molar-refractivity contribution in [2.24, 2.45) is 0 Å². The summed E-state index contributed by atoms with van der Waals surface area (Å²) in [5.41, 5.74) is 0.928. The average Bonchev–Trinajstić information content (AvgIpc) is 1.94. The Balaban J connectivity index is 0.000001000. The quantitative estimate of drug-likeness (QED) is 0.510. The summed E-state index contributed by atoms with van der Waals surface area (Å²) in [5, 5.41) is 9.19. The van der Waals surface area contributed by atoms with Gasteiger partial charge in [-0.2, -0.15) is 0 Å². The molecule has 1 rings (SSSR count). The number of rotatable bonds is 2. The van der Waals surface area contributed by atoms with E-state index in [1.165, 1.54) is 0 Å². The molecule has 1 nitrogen and oxygen atoms in total. The van der Waals surface area contributed by atoms with Gasteiger partial charge in [-0.25, -0.2) is 0 Å². The predicted octanol–water partition coefficient (Wildman–Crippen LogP) is 1.47. The molecule has 0 saturated carbocycles. The van der Waals surface area contributed by atoms with Crippen LogP contribution in [0.3, 0.4) is 0 Å². The number of hydrogen-bond donors (Lipinski definition) is 1. The van der Waals surface area contributed by atoms with E-state index >= 15 is 0 Å². The molecular weight excluding hydrogens is 147 g/mol. The number of benzene rings is 1. The molecule has 2 heteroatoms. The fraction of sp³-hybridized carbons (Fsp3) is 0.111. The van der Waals surface area contributed by atoms with Crippen LogP contribution in [0.5, 0.6) is 5.75 Å². The van der Waals surface area contributed by atoms with Gasteiger partial charge in [0.15, 0.2) is 0 Å². The van der Waals surface area contributed by atoms with E-state index in [2.05, 4.69) is 6.58 Å². The molecule has 1 aromatic carbocycles. The molecule has 1 aromatic rings. The third-order valence-corrected chi connectivity index (χ3v) is 1.36. The molecule has 0 bridgehead atoms. The van der Waals surface area contributed by atoms with Gasteiger partial charge < -0.3 is 5.11 Å². The maximum absolute atomic E-state index is 9.19. The van der Waals surface area contributed by atoms with Gasteiger partial charge in [0.05, 0.1) is 0 Å². The Morgan fingerprint density at radius 1 is 1.36 bits per heavy atom. The summed E-state index contributed by atoms with van der Waals surface area (Å²) in [6, 6.07) is 7.27. The molecule has 0 aliphatic heterocycles. The van der Waals surface area contributed by atoms with Crippen molar-refractivity contribution in [3.05, 3.63) is 42.5 Å². The van der Waals surface area contributed by atoms with Crippen LogP contribution >= 0.6 is 0 Å². The zero-order chi connectivity index (χ0) is 7.40.